The van der Waals surface area contributed by atoms with E-state index in [-0.39, 0.29) is 11.4 Å². The zero-order valence-electron chi connectivity index (χ0n) is 15.7. The van der Waals surface area contributed by atoms with Gasteiger partial charge in [-0.3, -0.25) is 9.78 Å². The molecule has 2 heterocycles. The summed E-state index contributed by atoms with van der Waals surface area (Å²) in [5, 5.41) is 7.28. The Hall–Kier alpha value is -3.59. The van der Waals surface area contributed by atoms with Gasteiger partial charge in [0.25, 0.3) is 5.91 Å². The number of carbonyl (C=O) groups excluding carboxylic acids is 1. The van der Waals surface area contributed by atoms with Crippen molar-refractivity contribution >= 4 is 34.1 Å². The van der Waals surface area contributed by atoms with Gasteiger partial charge in [-0.25, -0.2) is 4.68 Å². The molecule has 0 fully saturated rings. The van der Waals surface area contributed by atoms with Crippen LogP contribution in [0.5, 0.6) is 5.75 Å². The van der Waals surface area contributed by atoms with Gasteiger partial charge in [0.15, 0.2) is 6.61 Å². The zero-order valence-corrected chi connectivity index (χ0v) is 16.5. The van der Waals surface area contributed by atoms with Crippen molar-refractivity contribution in [1.29, 1.82) is 0 Å². The van der Waals surface area contributed by atoms with Gasteiger partial charge >= 0.3 is 6.18 Å². The minimum absolute atomic E-state index is 0.213. The molecule has 4 aromatic rings. The Balaban J connectivity index is 1.53. The Morgan fingerprint density at radius 3 is 2.71 bits per heavy atom. The lowest BCUT2D eigenvalue weighted by Crippen LogP contribution is -2.22. The number of pyridine rings is 1. The van der Waals surface area contributed by atoms with Crippen LogP contribution in [-0.2, 0) is 11.0 Å². The number of amides is 1. The number of rotatable bonds is 5. The van der Waals surface area contributed by atoms with E-state index >= 15 is 0 Å². The van der Waals surface area contributed by atoms with Crippen molar-refractivity contribution < 1.29 is 22.7 Å². The number of nitrogens with zero attached hydrogens (tertiary/aromatic N) is 3. The van der Waals surface area contributed by atoms with Gasteiger partial charge in [-0.1, -0.05) is 11.6 Å². The van der Waals surface area contributed by atoms with Gasteiger partial charge in [-0.2, -0.15) is 18.3 Å². The monoisotopic (exact) mass is 446 g/mol. The first-order chi connectivity index (χ1) is 14.8. The number of benzene rings is 2. The summed E-state index contributed by atoms with van der Waals surface area (Å²) in [6.45, 7) is -0.508. The molecular formula is C21H14ClF3N4O2. The number of ether oxygens (including phenoxy) is 1. The highest BCUT2D eigenvalue weighted by Crippen LogP contribution is 2.36. The van der Waals surface area contributed by atoms with Gasteiger partial charge < -0.3 is 10.1 Å². The number of halogens is 4. The average molecular weight is 447 g/mol. The lowest BCUT2D eigenvalue weighted by molar-refractivity contribution is -0.137. The number of hydrogen-bond donors (Lipinski definition) is 1. The Bertz CT molecular complexity index is 1240. The van der Waals surface area contributed by atoms with Crippen molar-refractivity contribution in [3.05, 3.63) is 77.7 Å². The van der Waals surface area contributed by atoms with Crippen molar-refractivity contribution in [2.24, 2.45) is 0 Å². The minimum atomic E-state index is -4.68. The summed E-state index contributed by atoms with van der Waals surface area (Å²) >= 11 is 6.12. The first-order valence-corrected chi connectivity index (χ1v) is 9.38. The molecule has 0 saturated carbocycles. The number of carbonyl (C=O) groups is 1. The van der Waals surface area contributed by atoms with Crippen molar-refractivity contribution in [2.75, 3.05) is 11.9 Å². The van der Waals surface area contributed by atoms with Crippen LogP contribution in [-0.4, -0.2) is 27.3 Å². The summed E-state index contributed by atoms with van der Waals surface area (Å²) in [4.78, 5) is 16.5. The summed E-state index contributed by atoms with van der Waals surface area (Å²) in [6, 6.07) is 11.7. The van der Waals surface area contributed by atoms with Gasteiger partial charge in [0, 0.05) is 24.0 Å². The molecule has 0 aliphatic rings. The molecule has 0 unspecified atom stereocenters. The predicted octanol–water partition coefficient (Wildman–Crippen LogP) is 5.11. The van der Waals surface area contributed by atoms with E-state index in [0.717, 1.165) is 6.07 Å². The van der Waals surface area contributed by atoms with E-state index in [4.69, 9.17) is 16.3 Å². The van der Waals surface area contributed by atoms with E-state index in [2.05, 4.69) is 15.4 Å². The van der Waals surface area contributed by atoms with Gasteiger partial charge in [-0.15, -0.1) is 0 Å². The van der Waals surface area contributed by atoms with Crippen LogP contribution in [0.3, 0.4) is 0 Å². The third-order valence-corrected chi connectivity index (χ3v) is 4.72. The van der Waals surface area contributed by atoms with Crippen LogP contribution in [0.15, 0.2) is 67.1 Å². The fourth-order valence-corrected chi connectivity index (χ4v) is 3.21. The standard InChI is InChI=1S/C21H14ClF3N4O2/c22-16-5-7-18(20-14(16)3-1-8-26-20)31-12-19(30)28-17-6-4-13(29-10-2-9-27-29)11-15(17)21(23,24)25/h1-11H,12H2,(H,28,30). The summed E-state index contributed by atoms with van der Waals surface area (Å²) in [7, 11) is 0. The Morgan fingerprint density at radius 1 is 1.13 bits per heavy atom. The number of fused-ring (bicyclic) bond motifs is 1. The topological polar surface area (TPSA) is 69.0 Å². The first-order valence-electron chi connectivity index (χ1n) is 9.00. The SMILES string of the molecule is O=C(COc1ccc(Cl)c2cccnc12)Nc1ccc(-n2cccn2)cc1C(F)(F)F. The fourth-order valence-electron chi connectivity index (χ4n) is 3.00. The van der Waals surface area contributed by atoms with Crippen LogP contribution < -0.4 is 10.1 Å². The second kappa shape index (κ2) is 8.27. The van der Waals surface area contributed by atoms with Gasteiger partial charge in [0.05, 0.1) is 22.0 Å². The van der Waals surface area contributed by atoms with Crippen LogP contribution >= 0.6 is 11.6 Å². The molecule has 0 radical (unpaired) electrons. The Kier molecular flexibility index (Phi) is 5.51. The van der Waals surface area contributed by atoms with E-state index in [1.54, 1.807) is 36.5 Å². The Labute approximate surface area is 179 Å². The zero-order chi connectivity index (χ0) is 22.0. The molecule has 1 N–H and O–H groups in total. The first kappa shape index (κ1) is 20.7. The highest BCUT2D eigenvalue weighted by Gasteiger charge is 2.34. The van der Waals surface area contributed by atoms with E-state index in [9.17, 15) is 18.0 Å². The summed E-state index contributed by atoms with van der Waals surface area (Å²) in [5.74, 6) is -0.461. The van der Waals surface area contributed by atoms with Crippen molar-refractivity contribution in [1.82, 2.24) is 14.8 Å². The highest BCUT2D eigenvalue weighted by atomic mass is 35.5. The summed E-state index contributed by atoms with van der Waals surface area (Å²) in [5.41, 5.74) is -0.712. The highest BCUT2D eigenvalue weighted by molar-refractivity contribution is 6.35. The van der Waals surface area contributed by atoms with Crippen LogP contribution in [0, 0.1) is 0 Å². The molecule has 4 rings (SSSR count). The largest absolute Gasteiger partial charge is 0.481 e. The maximum Gasteiger partial charge on any atom is 0.418 e. The molecule has 158 valence electrons. The maximum absolute atomic E-state index is 13.6. The molecule has 0 atom stereocenters. The molecule has 2 aromatic heterocycles. The number of hydrogen-bond acceptors (Lipinski definition) is 4. The molecule has 1 amide bonds. The molecule has 0 spiro atoms. The van der Waals surface area contributed by atoms with E-state index < -0.39 is 24.3 Å². The van der Waals surface area contributed by atoms with Crippen LogP contribution in [0.2, 0.25) is 5.02 Å². The third kappa shape index (κ3) is 4.46. The number of anilines is 1. The normalized spacial score (nSPS) is 11.5. The van der Waals surface area contributed by atoms with E-state index in [0.29, 0.717) is 21.7 Å². The number of aromatic nitrogens is 3. The fraction of sp³-hybridized carbons (Fsp3) is 0.0952. The van der Waals surface area contributed by atoms with Crippen molar-refractivity contribution in [3.63, 3.8) is 0 Å². The quantitative estimate of drug-likeness (QED) is 0.462. The molecule has 31 heavy (non-hydrogen) atoms. The molecule has 6 nitrogen and oxygen atoms in total. The molecule has 0 aliphatic carbocycles. The van der Waals surface area contributed by atoms with Crippen molar-refractivity contribution in [2.45, 2.75) is 6.18 Å². The third-order valence-electron chi connectivity index (χ3n) is 4.39. The molecule has 0 aliphatic heterocycles. The van der Waals surface area contributed by atoms with Gasteiger partial charge in [-0.05, 0) is 48.5 Å². The summed E-state index contributed by atoms with van der Waals surface area (Å²) < 4.78 is 47.4. The van der Waals surface area contributed by atoms with Gasteiger partial charge in [0.2, 0.25) is 0 Å². The lowest BCUT2D eigenvalue weighted by atomic mass is 10.1. The smallest absolute Gasteiger partial charge is 0.418 e. The lowest BCUT2D eigenvalue weighted by Gasteiger charge is -2.16. The van der Waals surface area contributed by atoms with Gasteiger partial charge in [0.1, 0.15) is 11.3 Å². The molecule has 10 heteroatoms. The summed E-state index contributed by atoms with van der Waals surface area (Å²) in [6.07, 6.45) is -0.160. The Morgan fingerprint density at radius 2 is 1.97 bits per heavy atom. The minimum Gasteiger partial charge on any atom is -0.481 e. The molecular weight excluding hydrogens is 433 g/mol. The molecule has 0 saturated heterocycles. The number of nitrogens with one attached hydrogen (secondary N) is 1. The van der Waals surface area contributed by atoms with Crippen LogP contribution in [0.1, 0.15) is 5.56 Å². The average Bonchev–Trinajstić information content (AvgIpc) is 3.28. The van der Waals surface area contributed by atoms with E-state index in [1.165, 1.54) is 29.2 Å². The van der Waals surface area contributed by atoms with E-state index in [1.807, 2.05) is 0 Å². The van der Waals surface area contributed by atoms with Crippen LogP contribution in [0.4, 0.5) is 18.9 Å². The van der Waals surface area contributed by atoms with Crippen molar-refractivity contribution in [3.8, 4) is 11.4 Å². The number of alkyl halides is 3. The maximum atomic E-state index is 13.6. The predicted molar refractivity (Wildman–Crippen MR) is 109 cm³/mol. The molecule has 0 bridgehead atoms. The second-order valence-corrected chi connectivity index (χ2v) is 6.87. The second-order valence-electron chi connectivity index (χ2n) is 6.46. The van der Waals surface area contributed by atoms with Crippen LogP contribution in [0.25, 0.3) is 16.6 Å². The molecule has 2 aromatic carbocycles.